The van der Waals surface area contributed by atoms with Gasteiger partial charge in [-0.15, -0.1) is 0 Å². The van der Waals surface area contributed by atoms with Crippen molar-refractivity contribution in [3.05, 3.63) is 68.7 Å². The Morgan fingerprint density at radius 3 is 2.59 bits per heavy atom. The van der Waals surface area contributed by atoms with Crippen LogP contribution in [-0.4, -0.2) is 71.4 Å². The minimum Gasteiger partial charge on any atom is -0.480 e. The molecule has 1 saturated carbocycles. The molecule has 2 aliphatic rings. The summed E-state index contributed by atoms with van der Waals surface area (Å²) in [7, 11) is 1.57. The first-order valence-electron chi connectivity index (χ1n) is 12.5. The van der Waals surface area contributed by atoms with Crippen molar-refractivity contribution in [2.45, 2.75) is 31.8 Å². The molecule has 1 fully saturated rings. The van der Waals surface area contributed by atoms with Crippen molar-refractivity contribution < 1.29 is 24.3 Å². The molecule has 204 valence electrons. The Hall–Kier alpha value is -3.74. The molecule has 1 unspecified atom stereocenters. The van der Waals surface area contributed by atoms with E-state index >= 15 is 0 Å². The van der Waals surface area contributed by atoms with E-state index in [9.17, 15) is 24.3 Å². The molecule has 1 aliphatic carbocycles. The van der Waals surface area contributed by atoms with E-state index in [1.54, 1.807) is 11.9 Å². The van der Waals surface area contributed by atoms with Crippen molar-refractivity contribution in [2.75, 3.05) is 26.7 Å². The van der Waals surface area contributed by atoms with Crippen LogP contribution in [0.4, 0.5) is 4.79 Å². The number of hydrogen-bond donors (Lipinski definition) is 3. The maximum Gasteiger partial charge on any atom is 0.328 e. The van der Waals surface area contributed by atoms with Gasteiger partial charge in [-0.3, -0.25) is 9.59 Å². The van der Waals surface area contributed by atoms with Crippen LogP contribution >= 0.6 is 23.2 Å². The Balaban J connectivity index is 1.41. The molecule has 4 amide bonds. The number of nitrogens with zero attached hydrogens (tertiary/aromatic N) is 2. The van der Waals surface area contributed by atoms with Gasteiger partial charge in [0.05, 0.1) is 28.7 Å². The summed E-state index contributed by atoms with van der Waals surface area (Å²) in [6.45, 7) is 0.640. The SMILES string of the molecule is CN(Cc1ccccc1)C(=O)NCC(NC(=O)c1c(Cl)cc2c(c1Cl)CCN(CC#CC1CC1)C2=O)C(=O)O. The third-order valence-electron chi connectivity index (χ3n) is 6.52. The molecule has 9 nitrogen and oxygen atoms in total. The highest BCUT2D eigenvalue weighted by molar-refractivity contribution is 6.41. The summed E-state index contributed by atoms with van der Waals surface area (Å²) in [5, 5.41) is 14.5. The topological polar surface area (TPSA) is 119 Å². The summed E-state index contributed by atoms with van der Waals surface area (Å²) in [5.74, 6) is 4.16. The summed E-state index contributed by atoms with van der Waals surface area (Å²) in [6, 6.07) is 8.73. The lowest BCUT2D eigenvalue weighted by Gasteiger charge is -2.28. The number of rotatable bonds is 8. The van der Waals surface area contributed by atoms with Crippen LogP contribution < -0.4 is 10.6 Å². The molecule has 1 heterocycles. The van der Waals surface area contributed by atoms with Gasteiger partial charge >= 0.3 is 12.0 Å². The molecular formula is C28H28Cl2N4O5. The van der Waals surface area contributed by atoms with Crippen LogP contribution in [0.5, 0.6) is 0 Å². The van der Waals surface area contributed by atoms with Crippen LogP contribution in [0.15, 0.2) is 36.4 Å². The van der Waals surface area contributed by atoms with Crippen molar-refractivity contribution in [2.24, 2.45) is 5.92 Å². The van der Waals surface area contributed by atoms with Crippen LogP contribution in [0.25, 0.3) is 0 Å². The van der Waals surface area contributed by atoms with Gasteiger partial charge in [-0.2, -0.15) is 0 Å². The molecule has 0 aromatic heterocycles. The van der Waals surface area contributed by atoms with Gasteiger partial charge in [-0.25, -0.2) is 9.59 Å². The van der Waals surface area contributed by atoms with Gasteiger partial charge < -0.3 is 25.5 Å². The molecule has 0 spiro atoms. The van der Waals surface area contributed by atoms with E-state index in [2.05, 4.69) is 22.5 Å². The lowest BCUT2D eigenvalue weighted by molar-refractivity contribution is -0.139. The van der Waals surface area contributed by atoms with Crippen LogP contribution in [0.2, 0.25) is 10.0 Å². The first-order valence-corrected chi connectivity index (χ1v) is 13.3. The molecule has 0 radical (unpaired) electrons. The molecule has 39 heavy (non-hydrogen) atoms. The Bertz CT molecular complexity index is 1350. The van der Waals surface area contributed by atoms with E-state index in [-0.39, 0.29) is 28.1 Å². The third-order valence-corrected chi connectivity index (χ3v) is 7.23. The summed E-state index contributed by atoms with van der Waals surface area (Å²) in [4.78, 5) is 53.4. The number of hydrogen-bond acceptors (Lipinski definition) is 4. The Labute approximate surface area is 236 Å². The zero-order valence-corrected chi connectivity index (χ0v) is 22.8. The van der Waals surface area contributed by atoms with E-state index in [0.29, 0.717) is 43.1 Å². The number of carbonyl (C=O) groups is 4. The summed E-state index contributed by atoms with van der Waals surface area (Å²) < 4.78 is 0. The summed E-state index contributed by atoms with van der Waals surface area (Å²) in [5.41, 5.74) is 1.56. The van der Waals surface area contributed by atoms with Crippen LogP contribution in [0.1, 0.15) is 44.7 Å². The van der Waals surface area contributed by atoms with Crippen molar-refractivity contribution in [1.82, 2.24) is 20.4 Å². The molecule has 2 aromatic carbocycles. The smallest absolute Gasteiger partial charge is 0.328 e. The van der Waals surface area contributed by atoms with Crippen molar-refractivity contribution in [3.8, 4) is 11.8 Å². The second-order valence-corrected chi connectivity index (χ2v) is 10.3. The molecule has 0 saturated heterocycles. The molecule has 1 aliphatic heterocycles. The normalized spacial score (nSPS) is 14.9. The van der Waals surface area contributed by atoms with E-state index < -0.39 is 23.9 Å². The largest absolute Gasteiger partial charge is 0.480 e. The minimum atomic E-state index is -1.45. The predicted octanol–water partition coefficient (Wildman–Crippen LogP) is 3.43. The molecular weight excluding hydrogens is 543 g/mol. The van der Waals surface area contributed by atoms with Crippen molar-refractivity contribution >= 4 is 47.0 Å². The number of aliphatic carboxylic acids is 1. The minimum absolute atomic E-state index is 0.00262. The van der Waals surface area contributed by atoms with Gasteiger partial charge in [0.1, 0.15) is 6.04 Å². The van der Waals surface area contributed by atoms with Gasteiger partial charge in [0, 0.05) is 31.6 Å². The predicted molar refractivity (Wildman–Crippen MR) is 147 cm³/mol. The second kappa shape index (κ2) is 12.4. The Kier molecular flexibility index (Phi) is 9.00. The second-order valence-electron chi connectivity index (χ2n) is 9.54. The third kappa shape index (κ3) is 7.02. The van der Waals surface area contributed by atoms with Crippen LogP contribution in [0, 0.1) is 17.8 Å². The number of fused-ring (bicyclic) bond motifs is 1. The monoisotopic (exact) mass is 570 g/mol. The van der Waals surface area contributed by atoms with E-state index in [0.717, 1.165) is 18.4 Å². The van der Waals surface area contributed by atoms with E-state index in [1.807, 2.05) is 30.3 Å². The maximum absolute atomic E-state index is 13.1. The van der Waals surface area contributed by atoms with Crippen molar-refractivity contribution in [3.63, 3.8) is 0 Å². The number of carboxylic acid groups (broad SMARTS) is 1. The number of amides is 4. The number of urea groups is 1. The average Bonchev–Trinajstić information content (AvgIpc) is 3.73. The first-order chi connectivity index (χ1) is 18.7. The fourth-order valence-corrected chi connectivity index (χ4v) is 4.89. The quantitative estimate of drug-likeness (QED) is 0.420. The molecule has 1 atom stereocenters. The zero-order valence-electron chi connectivity index (χ0n) is 21.3. The average molecular weight is 571 g/mol. The van der Waals surface area contributed by atoms with Crippen LogP contribution in [0.3, 0.4) is 0 Å². The lowest BCUT2D eigenvalue weighted by atomic mass is 9.95. The number of carbonyl (C=O) groups excluding carboxylic acids is 3. The standard InChI is InChI=1S/C28H28Cl2N4O5/c1-33(16-18-6-3-2-4-7-18)28(39)31-15-22(27(37)38)32-25(35)23-21(29)14-20-19(24(23)30)11-13-34(26(20)36)12-5-8-17-9-10-17/h2-4,6-7,14,17,22H,9-13,15-16H2,1H3,(H,31,39)(H,32,35)(H,37,38). The van der Waals surface area contributed by atoms with E-state index in [1.165, 1.54) is 11.0 Å². The van der Waals surface area contributed by atoms with Gasteiger partial charge in [0.25, 0.3) is 11.8 Å². The molecule has 3 N–H and O–H groups in total. The highest BCUT2D eigenvalue weighted by atomic mass is 35.5. The highest BCUT2D eigenvalue weighted by Crippen LogP contribution is 2.34. The first kappa shape index (κ1) is 28.3. The number of carboxylic acids is 1. The van der Waals surface area contributed by atoms with E-state index in [4.69, 9.17) is 23.2 Å². The fraction of sp³-hybridized carbons (Fsp3) is 0.357. The number of halogens is 2. The van der Waals surface area contributed by atoms with Crippen molar-refractivity contribution in [1.29, 1.82) is 0 Å². The molecule has 2 aromatic rings. The molecule has 4 rings (SSSR count). The highest BCUT2D eigenvalue weighted by Gasteiger charge is 2.31. The maximum atomic E-state index is 13.1. The molecule has 11 heteroatoms. The Morgan fingerprint density at radius 1 is 1.21 bits per heavy atom. The Morgan fingerprint density at radius 2 is 1.92 bits per heavy atom. The number of benzene rings is 2. The number of nitrogens with one attached hydrogen (secondary N) is 2. The lowest BCUT2D eigenvalue weighted by Crippen LogP contribution is -2.50. The fourth-order valence-electron chi connectivity index (χ4n) is 4.17. The molecule has 0 bridgehead atoms. The van der Waals surface area contributed by atoms with Gasteiger partial charge in [0.15, 0.2) is 0 Å². The van der Waals surface area contributed by atoms with Gasteiger partial charge in [-0.05, 0) is 36.5 Å². The van der Waals surface area contributed by atoms with Gasteiger partial charge in [-0.1, -0.05) is 65.4 Å². The van der Waals surface area contributed by atoms with Gasteiger partial charge in [0.2, 0.25) is 0 Å². The van der Waals surface area contributed by atoms with Crippen LogP contribution in [-0.2, 0) is 17.8 Å². The summed E-state index contributed by atoms with van der Waals surface area (Å²) >= 11 is 12.9. The zero-order chi connectivity index (χ0) is 28.1. The summed E-state index contributed by atoms with van der Waals surface area (Å²) in [6.07, 6.45) is 2.59.